The number of sulfonamides is 1. The maximum absolute atomic E-state index is 12.8. The highest BCUT2D eigenvalue weighted by molar-refractivity contribution is 7.92. The van der Waals surface area contributed by atoms with Crippen LogP contribution >= 0.6 is 23.2 Å². The van der Waals surface area contributed by atoms with Gasteiger partial charge in [0.05, 0.1) is 29.8 Å². The van der Waals surface area contributed by atoms with Crippen molar-refractivity contribution in [1.29, 1.82) is 0 Å². The lowest BCUT2D eigenvalue weighted by Gasteiger charge is -2.29. The Bertz CT molecular complexity index is 964. The minimum atomic E-state index is -3.82. The van der Waals surface area contributed by atoms with Gasteiger partial charge in [-0.3, -0.25) is 9.10 Å². The molecule has 0 saturated heterocycles. The summed E-state index contributed by atoms with van der Waals surface area (Å²) in [6, 6.07) is 8.63. The molecule has 2 aromatic rings. The minimum Gasteiger partial charge on any atom is -0.495 e. The Labute approximate surface area is 169 Å². The van der Waals surface area contributed by atoms with Gasteiger partial charge in [0.1, 0.15) is 11.8 Å². The Morgan fingerprint density at radius 3 is 2.44 bits per heavy atom. The van der Waals surface area contributed by atoms with Crippen LogP contribution in [0.3, 0.4) is 0 Å². The van der Waals surface area contributed by atoms with Crippen molar-refractivity contribution < 1.29 is 17.9 Å². The fourth-order valence-electron chi connectivity index (χ4n) is 2.59. The lowest BCUT2D eigenvalue weighted by Crippen LogP contribution is -2.45. The van der Waals surface area contributed by atoms with Crippen LogP contribution in [0.4, 0.5) is 11.4 Å². The fraction of sp³-hybridized carbons (Fsp3) is 0.278. The number of anilines is 2. The van der Waals surface area contributed by atoms with Crippen LogP contribution < -0.4 is 14.4 Å². The largest absolute Gasteiger partial charge is 0.495 e. The van der Waals surface area contributed by atoms with E-state index in [0.29, 0.717) is 16.5 Å². The Balaban J connectivity index is 2.42. The summed E-state index contributed by atoms with van der Waals surface area (Å²) in [6.07, 6.45) is 1.00. The van der Waals surface area contributed by atoms with E-state index in [1.807, 2.05) is 13.0 Å². The molecule has 0 aromatic heterocycles. The monoisotopic (exact) mass is 430 g/mol. The normalized spacial score (nSPS) is 12.4. The number of methoxy groups -OCH3 is 1. The number of ether oxygens (including phenoxy) is 1. The van der Waals surface area contributed by atoms with Gasteiger partial charge >= 0.3 is 0 Å². The Morgan fingerprint density at radius 2 is 1.85 bits per heavy atom. The van der Waals surface area contributed by atoms with Crippen molar-refractivity contribution in [3.8, 4) is 5.75 Å². The second-order valence-electron chi connectivity index (χ2n) is 6.02. The van der Waals surface area contributed by atoms with Gasteiger partial charge < -0.3 is 10.1 Å². The van der Waals surface area contributed by atoms with Gasteiger partial charge in [-0.15, -0.1) is 0 Å². The predicted molar refractivity (Wildman–Crippen MR) is 110 cm³/mol. The van der Waals surface area contributed by atoms with E-state index < -0.39 is 22.0 Å². The molecule has 0 spiro atoms. The first kappa shape index (κ1) is 21.3. The number of nitrogens with one attached hydrogen (secondary N) is 1. The van der Waals surface area contributed by atoms with Crippen LogP contribution in [-0.2, 0) is 14.8 Å². The number of carbonyl (C=O) groups is 1. The Morgan fingerprint density at radius 1 is 1.19 bits per heavy atom. The minimum absolute atomic E-state index is 0.130. The van der Waals surface area contributed by atoms with E-state index in [4.69, 9.17) is 27.9 Å². The highest BCUT2D eigenvalue weighted by Crippen LogP contribution is 2.33. The summed E-state index contributed by atoms with van der Waals surface area (Å²) in [5, 5.41) is 3.18. The molecule has 1 N–H and O–H groups in total. The molecule has 0 fully saturated rings. The van der Waals surface area contributed by atoms with E-state index >= 15 is 0 Å². The van der Waals surface area contributed by atoms with Gasteiger partial charge in [0.15, 0.2) is 0 Å². The van der Waals surface area contributed by atoms with E-state index in [1.54, 1.807) is 12.1 Å². The number of carbonyl (C=O) groups excluding carboxylic acids is 1. The molecule has 9 heteroatoms. The lowest BCUT2D eigenvalue weighted by molar-refractivity contribution is -0.116. The van der Waals surface area contributed by atoms with Gasteiger partial charge in [-0.25, -0.2) is 8.42 Å². The van der Waals surface area contributed by atoms with Crippen molar-refractivity contribution in [3.05, 3.63) is 52.0 Å². The molecule has 1 atom stereocenters. The molecule has 0 bridgehead atoms. The topological polar surface area (TPSA) is 75.7 Å². The average molecular weight is 431 g/mol. The number of benzene rings is 2. The van der Waals surface area contributed by atoms with E-state index in [0.717, 1.165) is 16.1 Å². The maximum Gasteiger partial charge on any atom is 0.248 e. The van der Waals surface area contributed by atoms with Crippen molar-refractivity contribution in [2.75, 3.05) is 23.0 Å². The summed E-state index contributed by atoms with van der Waals surface area (Å²) in [7, 11) is -2.34. The SMILES string of the molecule is COc1ccc(C)cc1NC(=O)[C@H](C)N(c1cc(Cl)ccc1Cl)S(C)(=O)=O. The van der Waals surface area contributed by atoms with Crippen molar-refractivity contribution >= 4 is 50.5 Å². The summed E-state index contributed by atoms with van der Waals surface area (Å²) in [5.74, 6) is -0.0757. The number of nitrogens with zero attached hydrogens (tertiary/aromatic N) is 1. The number of hydrogen-bond acceptors (Lipinski definition) is 4. The van der Waals surface area contributed by atoms with Crippen LogP contribution in [0.15, 0.2) is 36.4 Å². The number of aryl methyl sites for hydroxylation is 1. The van der Waals surface area contributed by atoms with E-state index in [9.17, 15) is 13.2 Å². The molecular formula is C18H20Cl2N2O4S. The Kier molecular flexibility index (Phi) is 6.62. The second kappa shape index (κ2) is 8.37. The second-order valence-corrected chi connectivity index (χ2v) is 8.73. The van der Waals surface area contributed by atoms with Crippen molar-refractivity contribution in [2.45, 2.75) is 19.9 Å². The molecule has 0 aliphatic carbocycles. The van der Waals surface area contributed by atoms with E-state index in [2.05, 4.69) is 5.32 Å². The van der Waals surface area contributed by atoms with Gasteiger partial charge in [0.25, 0.3) is 0 Å². The lowest BCUT2D eigenvalue weighted by atomic mass is 10.2. The first-order valence-electron chi connectivity index (χ1n) is 7.94. The zero-order chi connectivity index (χ0) is 20.4. The standard InChI is InChI=1S/C18H20Cl2N2O4S/c1-11-5-8-17(26-3)15(9-11)21-18(23)12(2)22(27(4,24)25)16-10-13(19)6-7-14(16)20/h5-10,12H,1-4H3,(H,21,23)/t12-/m0/s1. The first-order valence-corrected chi connectivity index (χ1v) is 10.5. The smallest absolute Gasteiger partial charge is 0.248 e. The van der Waals surface area contributed by atoms with Gasteiger partial charge in [-0.05, 0) is 49.7 Å². The summed E-state index contributed by atoms with van der Waals surface area (Å²) in [6.45, 7) is 3.34. The van der Waals surface area contributed by atoms with Crippen LogP contribution in [0, 0.1) is 6.92 Å². The van der Waals surface area contributed by atoms with Gasteiger partial charge in [0.2, 0.25) is 15.9 Å². The van der Waals surface area contributed by atoms with Crippen molar-refractivity contribution in [1.82, 2.24) is 0 Å². The third-order valence-corrected chi connectivity index (χ3v) is 5.63. The van der Waals surface area contributed by atoms with E-state index in [-0.39, 0.29) is 10.7 Å². The van der Waals surface area contributed by atoms with Crippen molar-refractivity contribution in [3.63, 3.8) is 0 Å². The molecule has 0 radical (unpaired) electrons. The van der Waals surface area contributed by atoms with Gasteiger partial charge in [-0.2, -0.15) is 0 Å². The van der Waals surface area contributed by atoms with Crippen LogP contribution in [0.1, 0.15) is 12.5 Å². The van der Waals surface area contributed by atoms with Crippen molar-refractivity contribution in [2.24, 2.45) is 0 Å². The number of hydrogen-bond donors (Lipinski definition) is 1. The first-order chi connectivity index (χ1) is 12.5. The van der Waals surface area contributed by atoms with Crippen LogP contribution in [0.5, 0.6) is 5.75 Å². The molecule has 146 valence electrons. The third-order valence-electron chi connectivity index (χ3n) is 3.85. The number of halogens is 2. The summed E-state index contributed by atoms with van der Waals surface area (Å²) < 4.78 is 31.0. The molecule has 27 heavy (non-hydrogen) atoms. The quantitative estimate of drug-likeness (QED) is 0.747. The highest BCUT2D eigenvalue weighted by Gasteiger charge is 2.31. The molecule has 2 rings (SSSR count). The zero-order valence-electron chi connectivity index (χ0n) is 15.3. The third kappa shape index (κ3) is 5.06. The fourth-order valence-corrected chi connectivity index (χ4v) is 4.20. The van der Waals surface area contributed by atoms with E-state index in [1.165, 1.54) is 32.2 Å². The molecule has 0 unspecified atom stereocenters. The zero-order valence-corrected chi connectivity index (χ0v) is 17.6. The summed E-state index contributed by atoms with van der Waals surface area (Å²) in [4.78, 5) is 12.8. The average Bonchev–Trinajstić information content (AvgIpc) is 2.57. The van der Waals surface area contributed by atoms with Gasteiger partial charge in [0, 0.05) is 5.02 Å². The Hall–Kier alpha value is -1.96. The molecule has 0 heterocycles. The van der Waals surface area contributed by atoms with Crippen LogP contribution in [-0.4, -0.2) is 33.7 Å². The molecule has 0 saturated carbocycles. The predicted octanol–water partition coefficient (Wildman–Crippen LogP) is 4.10. The number of amides is 1. The van der Waals surface area contributed by atoms with Crippen LogP contribution in [0.25, 0.3) is 0 Å². The highest BCUT2D eigenvalue weighted by atomic mass is 35.5. The molecule has 0 aliphatic heterocycles. The molecule has 6 nitrogen and oxygen atoms in total. The molecule has 1 amide bonds. The van der Waals surface area contributed by atoms with Crippen LogP contribution in [0.2, 0.25) is 10.0 Å². The molecular weight excluding hydrogens is 411 g/mol. The molecule has 2 aromatic carbocycles. The maximum atomic E-state index is 12.8. The molecule has 0 aliphatic rings. The summed E-state index contributed by atoms with van der Waals surface area (Å²) in [5.41, 5.74) is 1.49. The summed E-state index contributed by atoms with van der Waals surface area (Å²) >= 11 is 12.1. The van der Waals surface area contributed by atoms with Gasteiger partial charge in [-0.1, -0.05) is 29.3 Å². The number of rotatable bonds is 6.